The van der Waals surface area contributed by atoms with Gasteiger partial charge in [0.1, 0.15) is 11.6 Å². The van der Waals surface area contributed by atoms with Gasteiger partial charge in [0, 0.05) is 15.0 Å². The first kappa shape index (κ1) is 15.1. The number of esters is 1. The van der Waals surface area contributed by atoms with Crippen molar-refractivity contribution in [3.8, 4) is 5.69 Å². The highest BCUT2D eigenvalue weighted by molar-refractivity contribution is 14.1. The van der Waals surface area contributed by atoms with E-state index in [0.29, 0.717) is 17.3 Å². The van der Waals surface area contributed by atoms with Gasteiger partial charge in [-0.15, -0.1) is 0 Å². The van der Waals surface area contributed by atoms with Crippen molar-refractivity contribution < 1.29 is 9.53 Å². The van der Waals surface area contributed by atoms with Gasteiger partial charge in [0.05, 0.1) is 12.8 Å². The molecule has 1 aromatic heterocycles. The molecule has 0 amide bonds. The summed E-state index contributed by atoms with van der Waals surface area (Å²) >= 11 is 8.13. The molecule has 0 fully saturated rings. The van der Waals surface area contributed by atoms with Gasteiger partial charge in [-0.1, -0.05) is 18.5 Å². The van der Waals surface area contributed by atoms with E-state index < -0.39 is 5.97 Å². The minimum Gasteiger partial charge on any atom is -0.464 e. The first-order chi connectivity index (χ1) is 9.49. The maximum atomic E-state index is 11.7. The summed E-state index contributed by atoms with van der Waals surface area (Å²) in [6.45, 7) is 1.95. The van der Waals surface area contributed by atoms with E-state index in [0.717, 1.165) is 9.26 Å². The van der Waals surface area contributed by atoms with Crippen molar-refractivity contribution in [2.75, 3.05) is 12.8 Å². The number of nitrogens with zero attached hydrogens (tertiary/aromatic N) is 2. The molecule has 0 radical (unpaired) electrons. The molecular weight excluding hydrogens is 393 g/mol. The third-order valence-electron chi connectivity index (χ3n) is 2.83. The normalized spacial score (nSPS) is 10.6. The molecule has 0 saturated heterocycles. The predicted molar refractivity (Wildman–Crippen MR) is 86.4 cm³/mol. The van der Waals surface area contributed by atoms with Crippen LogP contribution in [-0.2, 0) is 11.2 Å². The minimum atomic E-state index is -0.542. The number of imidazole rings is 1. The highest BCUT2D eigenvalue weighted by atomic mass is 127. The molecular formula is C13H13ClIN3O2. The molecule has 0 unspecified atom stereocenters. The van der Waals surface area contributed by atoms with Crippen LogP contribution >= 0.6 is 34.2 Å². The molecule has 0 saturated carbocycles. The molecule has 0 spiro atoms. The second-order valence-electron chi connectivity index (χ2n) is 4.04. The van der Waals surface area contributed by atoms with Crippen LogP contribution in [0.3, 0.4) is 0 Å². The number of ether oxygens (including phenoxy) is 1. The monoisotopic (exact) mass is 405 g/mol. The summed E-state index contributed by atoms with van der Waals surface area (Å²) in [4.78, 5) is 16.0. The predicted octanol–water partition coefficient (Wildman–Crippen LogP) is 3.06. The van der Waals surface area contributed by atoms with Crippen LogP contribution in [0.25, 0.3) is 5.69 Å². The fourth-order valence-electron chi connectivity index (χ4n) is 1.90. The molecule has 0 atom stereocenters. The SMILES string of the molecule is CCc1nc(C(=O)OC)c(N)n1-c1ccc(Cl)cc1I. The zero-order chi connectivity index (χ0) is 14.9. The van der Waals surface area contributed by atoms with Gasteiger partial charge in [0.15, 0.2) is 5.69 Å². The Morgan fingerprint density at radius 2 is 2.25 bits per heavy atom. The van der Waals surface area contributed by atoms with Gasteiger partial charge in [0.2, 0.25) is 0 Å². The van der Waals surface area contributed by atoms with Crippen molar-refractivity contribution in [1.29, 1.82) is 0 Å². The van der Waals surface area contributed by atoms with Crippen molar-refractivity contribution in [1.82, 2.24) is 9.55 Å². The van der Waals surface area contributed by atoms with Gasteiger partial charge in [0.25, 0.3) is 0 Å². The fraction of sp³-hybridized carbons (Fsp3) is 0.231. The molecule has 2 N–H and O–H groups in total. The van der Waals surface area contributed by atoms with Crippen molar-refractivity contribution in [2.45, 2.75) is 13.3 Å². The Morgan fingerprint density at radius 1 is 1.55 bits per heavy atom. The molecule has 1 heterocycles. The van der Waals surface area contributed by atoms with E-state index in [2.05, 4.69) is 27.6 Å². The van der Waals surface area contributed by atoms with Crippen LogP contribution in [0.2, 0.25) is 5.02 Å². The Kier molecular flexibility index (Phi) is 4.54. The molecule has 106 valence electrons. The lowest BCUT2D eigenvalue weighted by molar-refractivity contribution is 0.0596. The Morgan fingerprint density at radius 3 is 2.80 bits per heavy atom. The Labute approximate surface area is 135 Å². The number of benzene rings is 1. The number of methoxy groups -OCH3 is 1. The van der Waals surface area contributed by atoms with Crippen LogP contribution in [0.15, 0.2) is 18.2 Å². The van der Waals surface area contributed by atoms with Crippen LogP contribution in [0.5, 0.6) is 0 Å². The Hall–Kier alpha value is -1.28. The highest BCUT2D eigenvalue weighted by Crippen LogP contribution is 2.27. The van der Waals surface area contributed by atoms with Crippen LogP contribution < -0.4 is 5.73 Å². The number of hydrogen-bond donors (Lipinski definition) is 1. The number of nitrogen functional groups attached to an aromatic ring is 1. The molecule has 0 aliphatic carbocycles. The summed E-state index contributed by atoms with van der Waals surface area (Å²) in [5.74, 6) is 0.428. The van der Waals surface area contributed by atoms with E-state index in [9.17, 15) is 4.79 Å². The summed E-state index contributed by atoms with van der Waals surface area (Å²) in [6.07, 6.45) is 0.639. The van der Waals surface area contributed by atoms with E-state index in [1.807, 2.05) is 19.1 Å². The number of anilines is 1. The van der Waals surface area contributed by atoms with Crippen LogP contribution in [0.4, 0.5) is 5.82 Å². The molecule has 0 aliphatic rings. The number of halogens is 2. The molecule has 5 nitrogen and oxygen atoms in total. The average Bonchev–Trinajstić information content (AvgIpc) is 2.75. The van der Waals surface area contributed by atoms with Gasteiger partial charge in [-0.3, -0.25) is 4.57 Å². The second-order valence-corrected chi connectivity index (χ2v) is 5.64. The van der Waals surface area contributed by atoms with Gasteiger partial charge in [-0.05, 0) is 40.8 Å². The number of carbonyl (C=O) groups is 1. The quantitative estimate of drug-likeness (QED) is 0.629. The van der Waals surface area contributed by atoms with E-state index in [1.54, 1.807) is 10.6 Å². The number of rotatable bonds is 3. The van der Waals surface area contributed by atoms with Crippen LogP contribution in [-0.4, -0.2) is 22.6 Å². The molecule has 2 rings (SSSR count). The lowest BCUT2D eigenvalue weighted by Crippen LogP contribution is -2.08. The lowest BCUT2D eigenvalue weighted by atomic mass is 10.3. The van der Waals surface area contributed by atoms with Crippen molar-refractivity contribution >= 4 is 46.0 Å². The summed E-state index contributed by atoms with van der Waals surface area (Å²) < 4.78 is 7.37. The van der Waals surface area contributed by atoms with Gasteiger partial charge < -0.3 is 10.5 Å². The first-order valence-electron chi connectivity index (χ1n) is 5.90. The van der Waals surface area contributed by atoms with Crippen molar-refractivity contribution in [3.05, 3.63) is 38.3 Å². The second kappa shape index (κ2) is 6.01. The number of nitrogens with two attached hydrogens (primary N) is 1. The van der Waals surface area contributed by atoms with Crippen molar-refractivity contribution in [3.63, 3.8) is 0 Å². The summed E-state index contributed by atoms with van der Waals surface area (Å²) in [6, 6.07) is 5.45. The molecule has 2 aromatic rings. The Bertz CT molecular complexity index is 670. The third kappa shape index (κ3) is 2.62. The summed E-state index contributed by atoms with van der Waals surface area (Å²) in [5.41, 5.74) is 7.03. The van der Waals surface area contributed by atoms with E-state index >= 15 is 0 Å². The topological polar surface area (TPSA) is 70.1 Å². The van der Waals surface area contributed by atoms with E-state index in [-0.39, 0.29) is 11.5 Å². The molecule has 1 aromatic carbocycles. The van der Waals surface area contributed by atoms with Crippen molar-refractivity contribution in [2.24, 2.45) is 0 Å². The largest absolute Gasteiger partial charge is 0.464 e. The summed E-state index contributed by atoms with van der Waals surface area (Å²) in [5, 5.41) is 0.642. The number of aryl methyl sites for hydroxylation is 1. The standard InChI is InChI=1S/C13H13ClIN3O2/c1-3-10-17-11(13(19)20-2)12(16)18(10)9-5-4-7(14)6-8(9)15/h4-6H,3,16H2,1-2H3. The van der Waals surface area contributed by atoms with Gasteiger partial charge in [-0.2, -0.15) is 0 Å². The maximum Gasteiger partial charge on any atom is 0.360 e. The molecule has 0 bridgehead atoms. The maximum absolute atomic E-state index is 11.7. The number of carbonyl (C=O) groups excluding carboxylic acids is 1. The zero-order valence-corrected chi connectivity index (χ0v) is 13.9. The lowest BCUT2D eigenvalue weighted by Gasteiger charge is -2.11. The third-order valence-corrected chi connectivity index (χ3v) is 3.93. The molecule has 20 heavy (non-hydrogen) atoms. The van der Waals surface area contributed by atoms with E-state index in [4.69, 9.17) is 22.1 Å². The van der Waals surface area contributed by atoms with Gasteiger partial charge in [-0.25, -0.2) is 9.78 Å². The highest BCUT2D eigenvalue weighted by Gasteiger charge is 2.22. The smallest absolute Gasteiger partial charge is 0.360 e. The van der Waals surface area contributed by atoms with Crippen LogP contribution in [0, 0.1) is 3.57 Å². The number of hydrogen-bond acceptors (Lipinski definition) is 4. The Balaban J connectivity index is 2.67. The fourth-order valence-corrected chi connectivity index (χ4v) is 3.01. The molecule has 7 heteroatoms. The van der Waals surface area contributed by atoms with Gasteiger partial charge >= 0.3 is 5.97 Å². The van der Waals surface area contributed by atoms with E-state index in [1.165, 1.54) is 7.11 Å². The first-order valence-corrected chi connectivity index (χ1v) is 7.36. The number of aromatic nitrogens is 2. The zero-order valence-electron chi connectivity index (χ0n) is 11.0. The summed E-state index contributed by atoms with van der Waals surface area (Å²) in [7, 11) is 1.30. The minimum absolute atomic E-state index is 0.134. The van der Waals surface area contributed by atoms with Crippen LogP contribution in [0.1, 0.15) is 23.2 Å². The average molecular weight is 406 g/mol. The molecule has 0 aliphatic heterocycles.